The van der Waals surface area contributed by atoms with Gasteiger partial charge in [-0.05, 0) is 50.2 Å². The van der Waals surface area contributed by atoms with Crippen molar-refractivity contribution < 1.29 is 4.79 Å². The fourth-order valence-electron chi connectivity index (χ4n) is 4.47. The molecule has 0 saturated carbocycles. The second-order valence-electron chi connectivity index (χ2n) is 6.88. The Morgan fingerprint density at radius 1 is 1.35 bits per heavy atom. The predicted molar refractivity (Wildman–Crippen MR) is 94.9 cm³/mol. The summed E-state index contributed by atoms with van der Waals surface area (Å²) < 4.78 is 2.54. The van der Waals surface area contributed by atoms with E-state index in [0.717, 1.165) is 19.4 Å². The van der Waals surface area contributed by atoms with Crippen LogP contribution in [0.4, 0.5) is 0 Å². The maximum Gasteiger partial charge on any atom is 0.234 e. The first-order valence-electron chi connectivity index (χ1n) is 8.83. The Bertz CT molecular complexity index is 768. The van der Waals surface area contributed by atoms with E-state index in [0.29, 0.717) is 6.54 Å². The van der Waals surface area contributed by atoms with E-state index in [4.69, 9.17) is 0 Å². The topological polar surface area (TPSA) is 34.4 Å². The lowest BCUT2D eigenvalue weighted by Gasteiger charge is -2.35. The largest absolute Gasteiger partial charge is 0.344 e. The molecule has 3 nitrogen and oxygen atoms in total. The van der Waals surface area contributed by atoms with Crippen LogP contribution in [0.2, 0.25) is 0 Å². The highest BCUT2D eigenvalue weighted by Crippen LogP contribution is 2.45. The van der Waals surface area contributed by atoms with E-state index in [1.54, 1.807) is 6.08 Å². The van der Waals surface area contributed by atoms with Gasteiger partial charge in [0.05, 0.1) is 12.1 Å². The summed E-state index contributed by atoms with van der Waals surface area (Å²) in [4.78, 5) is 14.3. The number of aromatic nitrogens is 1. The van der Waals surface area contributed by atoms with Crippen LogP contribution in [0.25, 0.3) is 10.9 Å². The SMILES string of the molecule is CCc1cccc2c3c(n(CC)c12)C(C)(CCN=C=O)CCC3. The zero-order chi connectivity index (χ0) is 16.4. The Morgan fingerprint density at radius 3 is 2.87 bits per heavy atom. The molecule has 1 aromatic heterocycles. The number of rotatable bonds is 5. The number of hydrogen-bond acceptors (Lipinski definition) is 2. The molecule has 0 bridgehead atoms. The van der Waals surface area contributed by atoms with Gasteiger partial charge in [0, 0.05) is 23.0 Å². The average Bonchev–Trinajstić information content (AvgIpc) is 2.91. The second-order valence-corrected chi connectivity index (χ2v) is 6.88. The molecule has 1 aliphatic carbocycles. The van der Waals surface area contributed by atoms with Gasteiger partial charge in [-0.15, -0.1) is 0 Å². The van der Waals surface area contributed by atoms with Crippen molar-refractivity contribution in [2.75, 3.05) is 6.54 Å². The van der Waals surface area contributed by atoms with E-state index in [-0.39, 0.29) is 5.41 Å². The molecule has 1 aliphatic rings. The van der Waals surface area contributed by atoms with Gasteiger partial charge in [-0.2, -0.15) is 0 Å². The average molecular weight is 310 g/mol. The minimum atomic E-state index is 0.105. The van der Waals surface area contributed by atoms with Gasteiger partial charge in [-0.25, -0.2) is 9.79 Å². The van der Waals surface area contributed by atoms with Crippen LogP contribution in [0.1, 0.15) is 56.9 Å². The Hall–Kier alpha value is -1.86. The van der Waals surface area contributed by atoms with Gasteiger partial charge < -0.3 is 4.57 Å². The highest BCUT2D eigenvalue weighted by atomic mass is 16.1. The Kier molecular flexibility index (Phi) is 4.41. The Labute approximate surface area is 138 Å². The number of aliphatic imine (C=N–C) groups is 1. The fourth-order valence-corrected chi connectivity index (χ4v) is 4.47. The molecule has 0 aliphatic heterocycles. The predicted octanol–water partition coefficient (Wildman–Crippen LogP) is 4.54. The normalized spacial score (nSPS) is 20.3. The third-order valence-corrected chi connectivity index (χ3v) is 5.53. The molecule has 3 heteroatoms. The van der Waals surface area contributed by atoms with Crippen molar-refractivity contribution in [1.82, 2.24) is 4.57 Å². The third kappa shape index (κ3) is 2.53. The molecule has 1 heterocycles. The molecule has 3 rings (SSSR count). The molecule has 2 aromatic rings. The minimum Gasteiger partial charge on any atom is -0.344 e. The molecule has 0 radical (unpaired) electrons. The Balaban J connectivity index is 2.24. The van der Waals surface area contributed by atoms with Gasteiger partial charge in [0.2, 0.25) is 6.08 Å². The van der Waals surface area contributed by atoms with Gasteiger partial charge in [0.15, 0.2) is 0 Å². The van der Waals surface area contributed by atoms with Crippen LogP contribution < -0.4 is 0 Å². The summed E-state index contributed by atoms with van der Waals surface area (Å²) in [7, 11) is 0. The molecule has 0 spiro atoms. The summed E-state index contributed by atoms with van der Waals surface area (Å²) >= 11 is 0. The Morgan fingerprint density at radius 2 is 2.17 bits per heavy atom. The van der Waals surface area contributed by atoms with Crippen molar-refractivity contribution >= 4 is 17.0 Å². The van der Waals surface area contributed by atoms with Gasteiger partial charge >= 0.3 is 0 Å². The number of benzene rings is 1. The van der Waals surface area contributed by atoms with Crippen LogP contribution in [0.15, 0.2) is 23.2 Å². The molecule has 0 amide bonds. The van der Waals surface area contributed by atoms with E-state index in [1.165, 1.54) is 47.0 Å². The van der Waals surface area contributed by atoms with Crippen molar-refractivity contribution in [2.45, 2.75) is 64.8 Å². The fraction of sp³-hybridized carbons (Fsp3) is 0.550. The maximum absolute atomic E-state index is 10.4. The van der Waals surface area contributed by atoms with Crippen molar-refractivity contribution in [1.29, 1.82) is 0 Å². The van der Waals surface area contributed by atoms with Crippen molar-refractivity contribution in [3.05, 3.63) is 35.0 Å². The summed E-state index contributed by atoms with van der Waals surface area (Å²) in [5, 5.41) is 1.44. The first-order chi connectivity index (χ1) is 11.2. The molecule has 1 unspecified atom stereocenters. The van der Waals surface area contributed by atoms with E-state index < -0.39 is 0 Å². The summed E-state index contributed by atoms with van der Waals surface area (Å²) in [5.41, 5.74) is 5.99. The van der Waals surface area contributed by atoms with Crippen molar-refractivity contribution in [3.8, 4) is 0 Å². The monoisotopic (exact) mass is 310 g/mol. The van der Waals surface area contributed by atoms with Crippen LogP contribution >= 0.6 is 0 Å². The van der Waals surface area contributed by atoms with Crippen molar-refractivity contribution in [2.24, 2.45) is 4.99 Å². The number of hydrogen-bond donors (Lipinski definition) is 0. The van der Waals surface area contributed by atoms with Crippen LogP contribution in [0.5, 0.6) is 0 Å². The lowest BCUT2D eigenvalue weighted by atomic mass is 9.72. The number of fused-ring (bicyclic) bond motifs is 3. The molecule has 23 heavy (non-hydrogen) atoms. The summed E-state index contributed by atoms with van der Waals surface area (Å²) in [6.45, 7) is 8.40. The van der Waals surface area contributed by atoms with Crippen LogP contribution in [0.3, 0.4) is 0 Å². The maximum atomic E-state index is 10.4. The number of carbonyl (C=O) groups excluding carboxylic acids is 1. The van der Waals surface area contributed by atoms with E-state index in [9.17, 15) is 4.79 Å². The number of aryl methyl sites for hydroxylation is 3. The van der Waals surface area contributed by atoms with Gasteiger partial charge in [0.25, 0.3) is 0 Å². The molecular weight excluding hydrogens is 284 g/mol. The van der Waals surface area contributed by atoms with Gasteiger partial charge in [-0.3, -0.25) is 0 Å². The lowest BCUT2D eigenvalue weighted by Crippen LogP contribution is -2.31. The third-order valence-electron chi connectivity index (χ3n) is 5.53. The van der Waals surface area contributed by atoms with E-state index in [2.05, 4.69) is 48.5 Å². The van der Waals surface area contributed by atoms with Crippen LogP contribution in [0, 0.1) is 0 Å². The first kappa shape index (κ1) is 16.0. The lowest BCUT2D eigenvalue weighted by molar-refractivity contribution is 0.350. The van der Waals surface area contributed by atoms with Crippen molar-refractivity contribution in [3.63, 3.8) is 0 Å². The molecule has 0 fully saturated rings. The molecule has 0 saturated heterocycles. The first-order valence-corrected chi connectivity index (χ1v) is 8.83. The van der Waals surface area contributed by atoms with Crippen LogP contribution in [-0.4, -0.2) is 17.2 Å². The molecule has 122 valence electrons. The molecular formula is C20H26N2O. The smallest absolute Gasteiger partial charge is 0.234 e. The van der Waals surface area contributed by atoms with Crippen LogP contribution in [-0.2, 0) is 29.6 Å². The summed E-state index contributed by atoms with van der Waals surface area (Å²) in [6, 6.07) is 6.74. The number of para-hydroxylation sites is 1. The molecule has 0 N–H and O–H groups in total. The number of isocyanates is 1. The van der Waals surface area contributed by atoms with Gasteiger partial charge in [-0.1, -0.05) is 32.0 Å². The van der Waals surface area contributed by atoms with Gasteiger partial charge in [0.1, 0.15) is 0 Å². The zero-order valence-electron chi connectivity index (χ0n) is 14.5. The summed E-state index contributed by atoms with van der Waals surface area (Å²) in [5.74, 6) is 0. The quantitative estimate of drug-likeness (QED) is 0.589. The second kappa shape index (κ2) is 6.33. The highest BCUT2D eigenvalue weighted by molar-refractivity contribution is 5.89. The highest BCUT2D eigenvalue weighted by Gasteiger charge is 2.36. The zero-order valence-corrected chi connectivity index (χ0v) is 14.5. The number of nitrogens with zero attached hydrogens (tertiary/aromatic N) is 2. The van der Waals surface area contributed by atoms with E-state index in [1.807, 2.05) is 0 Å². The summed E-state index contributed by atoms with van der Waals surface area (Å²) in [6.07, 6.45) is 7.23. The minimum absolute atomic E-state index is 0.105. The standard InChI is InChI=1S/C20H26N2O/c1-4-15-8-6-9-16-17-10-7-11-20(3,12-13-21-14-23)19(17)22(5-2)18(15)16/h6,8-9H,4-5,7,10-13H2,1-3H3. The molecule has 1 aromatic carbocycles. The molecule has 1 atom stereocenters. The van der Waals surface area contributed by atoms with E-state index >= 15 is 0 Å².